The summed E-state index contributed by atoms with van der Waals surface area (Å²) in [4.78, 5) is 27.0. The number of thioether (sulfide) groups is 1. The molecule has 1 saturated heterocycles. The van der Waals surface area contributed by atoms with E-state index in [2.05, 4.69) is 21.0 Å². The van der Waals surface area contributed by atoms with Gasteiger partial charge in [-0.15, -0.1) is 0 Å². The van der Waals surface area contributed by atoms with Gasteiger partial charge in [-0.2, -0.15) is 0 Å². The van der Waals surface area contributed by atoms with Crippen molar-refractivity contribution < 1.29 is 4.79 Å². The average molecular weight is 344 g/mol. The molecule has 0 spiro atoms. The quantitative estimate of drug-likeness (QED) is 0.667. The van der Waals surface area contributed by atoms with Crippen molar-refractivity contribution in [3.05, 3.63) is 41.0 Å². The van der Waals surface area contributed by atoms with Crippen molar-refractivity contribution in [2.45, 2.75) is 50.7 Å². The predicted molar refractivity (Wildman–Crippen MR) is 96.1 cm³/mol. The van der Waals surface area contributed by atoms with Crippen molar-refractivity contribution in [2.24, 2.45) is 0 Å². The number of aromatic amines is 1. The maximum Gasteiger partial charge on any atom is 0.223 e. The van der Waals surface area contributed by atoms with Crippen LogP contribution < -0.4 is 0 Å². The molecule has 3 heterocycles. The molecule has 1 amide bonds. The lowest BCUT2D eigenvalue weighted by Crippen LogP contribution is -2.31. The summed E-state index contributed by atoms with van der Waals surface area (Å²) in [6.07, 6.45) is 7.23. The van der Waals surface area contributed by atoms with Crippen molar-refractivity contribution in [3.63, 3.8) is 0 Å². The summed E-state index contributed by atoms with van der Waals surface area (Å²) in [7, 11) is 0. The van der Waals surface area contributed by atoms with Gasteiger partial charge < -0.3 is 9.88 Å². The van der Waals surface area contributed by atoms with Gasteiger partial charge in [-0.1, -0.05) is 11.8 Å². The first-order valence-electron chi connectivity index (χ1n) is 8.41. The van der Waals surface area contributed by atoms with Crippen LogP contribution >= 0.6 is 11.8 Å². The number of hydrogen-bond donors (Lipinski definition) is 1. The molecule has 1 aliphatic rings. The van der Waals surface area contributed by atoms with Crippen LogP contribution in [0.1, 0.15) is 47.9 Å². The summed E-state index contributed by atoms with van der Waals surface area (Å²) in [5.41, 5.74) is 4.22. The molecule has 24 heavy (non-hydrogen) atoms. The van der Waals surface area contributed by atoms with Crippen LogP contribution in [0.2, 0.25) is 0 Å². The van der Waals surface area contributed by atoms with Gasteiger partial charge in [0.1, 0.15) is 0 Å². The van der Waals surface area contributed by atoms with Crippen molar-refractivity contribution in [2.75, 3.05) is 12.8 Å². The molecule has 3 rings (SSSR count). The van der Waals surface area contributed by atoms with Crippen molar-refractivity contribution in [1.82, 2.24) is 19.9 Å². The van der Waals surface area contributed by atoms with Crippen LogP contribution in [0.15, 0.2) is 23.5 Å². The van der Waals surface area contributed by atoms with Crippen LogP contribution in [0.5, 0.6) is 0 Å². The van der Waals surface area contributed by atoms with E-state index in [1.165, 1.54) is 0 Å². The van der Waals surface area contributed by atoms with Gasteiger partial charge in [0.15, 0.2) is 5.16 Å². The van der Waals surface area contributed by atoms with Gasteiger partial charge in [0.2, 0.25) is 5.91 Å². The van der Waals surface area contributed by atoms with E-state index in [9.17, 15) is 4.79 Å². The number of aromatic nitrogens is 3. The van der Waals surface area contributed by atoms with Gasteiger partial charge in [0.05, 0.1) is 6.04 Å². The smallest absolute Gasteiger partial charge is 0.223 e. The SMILES string of the molecule is CSc1nc(C)c(CCC(=O)N2CCC[C@H]2c2ccc[nH]2)c(C)n1. The Morgan fingerprint density at radius 2 is 2.12 bits per heavy atom. The molecule has 1 atom stereocenters. The number of carbonyl (C=O) groups is 1. The number of aryl methyl sites for hydroxylation is 2. The molecular formula is C18H24N4OS. The summed E-state index contributed by atoms with van der Waals surface area (Å²) in [6, 6.07) is 4.26. The third-order valence-electron chi connectivity index (χ3n) is 4.73. The fourth-order valence-electron chi connectivity index (χ4n) is 3.48. The van der Waals surface area contributed by atoms with E-state index < -0.39 is 0 Å². The lowest BCUT2D eigenvalue weighted by Gasteiger charge is -2.24. The van der Waals surface area contributed by atoms with E-state index in [4.69, 9.17) is 0 Å². The molecule has 1 aliphatic heterocycles. The Bertz CT molecular complexity index is 691. The molecule has 0 radical (unpaired) electrons. The number of rotatable bonds is 5. The zero-order valence-electron chi connectivity index (χ0n) is 14.5. The second-order valence-electron chi connectivity index (χ2n) is 6.23. The Kier molecular flexibility index (Phi) is 5.23. The predicted octanol–water partition coefficient (Wildman–Crippen LogP) is 3.44. The maximum absolute atomic E-state index is 12.7. The summed E-state index contributed by atoms with van der Waals surface area (Å²) >= 11 is 1.55. The minimum absolute atomic E-state index is 0.199. The van der Waals surface area contributed by atoms with E-state index in [1.807, 2.05) is 37.3 Å². The molecular weight excluding hydrogens is 320 g/mol. The topological polar surface area (TPSA) is 61.9 Å². The summed E-state index contributed by atoms with van der Waals surface area (Å²) < 4.78 is 0. The minimum atomic E-state index is 0.199. The monoisotopic (exact) mass is 344 g/mol. The molecule has 0 bridgehead atoms. The number of H-pyrrole nitrogens is 1. The van der Waals surface area contributed by atoms with Crippen LogP contribution in [0.25, 0.3) is 0 Å². The van der Waals surface area contributed by atoms with E-state index in [0.29, 0.717) is 12.8 Å². The zero-order valence-corrected chi connectivity index (χ0v) is 15.3. The van der Waals surface area contributed by atoms with Crippen LogP contribution in [0, 0.1) is 13.8 Å². The summed E-state index contributed by atoms with van der Waals surface area (Å²) in [5, 5.41) is 0.798. The molecule has 0 aromatic carbocycles. The fourth-order valence-corrected chi connectivity index (χ4v) is 3.93. The first-order chi connectivity index (χ1) is 11.6. The maximum atomic E-state index is 12.7. The second-order valence-corrected chi connectivity index (χ2v) is 7.00. The van der Waals surface area contributed by atoms with Crippen molar-refractivity contribution in [3.8, 4) is 0 Å². The van der Waals surface area contributed by atoms with Crippen LogP contribution in [0.3, 0.4) is 0 Å². The lowest BCUT2D eigenvalue weighted by atomic mass is 10.1. The number of likely N-dealkylation sites (tertiary alicyclic amines) is 1. The van der Waals surface area contributed by atoms with E-state index in [0.717, 1.165) is 47.2 Å². The minimum Gasteiger partial charge on any atom is -0.363 e. The van der Waals surface area contributed by atoms with Gasteiger partial charge in [-0.3, -0.25) is 4.79 Å². The molecule has 0 saturated carbocycles. The van der Waals surface area contributed by atoms with Gasteiger partial charge in [0, 0.05) is 36.2 Å². The van der Waals surface area contributed by atoms with Crippen LogP contribution in [0.4, 0.5) is 0 Å². The Hall–Kier alpha value is -1.82. The molecule has 2 aromatic heterocycles. The zero-order chi connectivity index (χ0) is 17.1. The average Bonchev–Trinajstić information content (AvgIpc) is 3.24. The van der Waals surface area contributed by atoms with Gasteiger partial charge in [-0.05, 0) is 57.1 Å². The number of nitrogens with one attached hydrogen (secondary N) is 1. The van der Waals surface area contributed by atoms with Crippen molar-refractivity contribution >= 4 is 17.7 Å². The highest BCUT2D eigenvalue weighted by atomic mass is 32.2. The Labute approximate surface area is 147 Å². The highest BCUT2D eigenvalue weighted by Gasteiger charge is 2.30. The highest BCUT2D eigenvalue weighted by Crippen LogP contribution is 2.31. The van der Waals surface area contributed by atoms with Crippen LogP contribution in [-0.4, -0.2) is 38.6 Å². The third-order valence-corrected chi connectivity index (χ3v) is 5.27. The Morgan fingerprint density at radius 3 is 2.75 bits per heavy atom. The van der Waals surface area contributed by atoms with E-state index >= 15 is 0 Å². The first-order valence-corrected chi connectivity index (χ1v) is 9.63. The van der Waals surface area contributed by atoms with E-state index in [1.54, 1.807) is 11.8 Å². The Morgan fingerprint density at radius 1 is 1.38 bits per heavy atom. The molecule has 2 aromatic rings. The summed E-state index contributed by atoms with van der Waals surface area (Å²) in [6.45, 7) is 4.86. The van der Waals surface area contributed by atoms with Gasteiger partial charge in [-0.25, -0.2) is 9.97 Å². The number of carbonyl (C=O) groups excluding carboxylic acids is 1. The molecule has 1 N–H and O–H groups in total. The van der Waals surface area contributed by atoms with E-state index in [-0.39, 0.29) is 11.9 Å². The molecule has 128 valence electrons. The highest BCUT2D eigenvalue weighted by molar-refractivity contribution is 7.98. The normalized spacial score (nSPS) is 17.5. The first kappa shape index (κ1) is 17.0. The Balaban J connectivity index is 1.67. The number of amides is 1. The van der Waals surface area contributed by atoms with Crippen LogP contribution in [-0.2, 0) is 11.2 Å². The molecule has 5 nitrogen and oxygen atoms in total. The third kappa shape index (κ3) is 3.48. The number of hydrogen-bond acceptors (Lipinski definition) is 4. The second kappa shape index (κ2) is 7.38. The molecule has 0 unspecified atom stereocenters. The fraction of sp³-hybridized carbons (Fsp3) is 0.500. The molecule has 0 aliphatic carbocycles. The standard InChI is InChI=1S/C18H24N4OS/c1-12-14(13(2)21-18(20-12)24-3)8-9-17(23)22-11-5-7-16(22)15-6-4-10-19-15/h4,6,10,16,19H,5,7-9,11H2,1-3H3/t16-/m0/s1. The van der Waals surface area contributed by atoms with Crippen molar-refractivity contribution in [1.29, 1.82) is 0 Å². The lowest BCUT2D eigenvalue weighted by molar-refractivity contribution is -0.132. The molecule has 6 heteroatoms. The largest absolute Gasteiger partial charge is 0.363 e. The molecule has 1 fully saturated rings. The summed E-state index contributed by atoms with van der Waals surface area (Å²) in [5.74, 6) is 0.222. The number of nitrogens with zero attached hydrogens (tertiary/aromatic N) is 3. The van der Waals surface area contributed by atoms with Gasteiger partial charge in [0.25, 0.3) is 0 Å². The van der Waals surface area contributed by atoms with Gasteiger partial charge >= 0.3 is 0 Å².